The van der Waals surface area contributed by atoms with Gasteiger partial charge in [-0.25, -0.2) is 9.78 Å². The topological polar surface area (TPSA) is 179 Å². The third-order valence-corrected chi connectivity index (χ3v) is 5.23. The summed E-state index contributed by atoms with van der Waals surface area (Å²) in [5.41, 5.74) is 7.48. The summed E-state index contributed by atoms with van der Waals surface area (Å²) in [5, 5.41) is 16.9. The summed E-state index contributed by atoms with van der Waals surface area (Å²) in [6.07, 6.45) is 3.42. The average Bonchev–Trinajstić information content (AvgIpc) is 3.29. The van der Waals surface area contributed by atoms with Crippen molar-refractivity contribution >= 4 is 23.7 Å². The van der Waals surface area contributed by atoms with E-state index in [1.807, 2.05) is 30.3 Å². The maximum atomic E-state index is 13.0. The number of carboxylic acid groups (broad SMARTS) is 1. The van der Waals surface area contributed by atoms with Crippen molar-refractivity contribution in [2.45, 2.75) is 57.8 Å². The van der Waals surface area contributed by atoms with Gasteiger partial charge in [-0.2, -0.15) is 0 Å². The molecule has 7 N–H and O–H groups in total. The van der Waals surface area contributed by atoms with E-state index in [2.05, 4.69) is 25.9 Å². The summed E-state index contributed by atoms with van der Waals surface area (Å²) in [7, 11) is 0. The number of nitrogens with two attached hydrogens (primary N) is 1. The molecule has 34 heavy (non-hydrogen) atoms. The Morgan fingerprint density at radius 1 is 0.971 bits per heavy atom. The fraction of sp³-hybridized carbons (Fsp3) is 0.435. The molecule has 1 aromatic carbocycles. The molecule has 4 unspecified atom stereocenters. The van der Waals surface area contributed by atoms with Gasteiger partial charge in [0.25, 0.3) is 0 Å². The van der Waals surface area contributed by atoms with Crippen molar-refractivity contribution in [3.8, 4) is 0 Å². The summed E-state index contributed by atoms with van der Waals surface area (Å²) in [6.45, 7) is 4.78. The van der Waals surface area contributed by atoms with Crippen LogP contribution in [-0.2, 0) is 32.0 Å². The normalized spacial score (nSPS) is 14.5. The van der Waals surface area contributed by atoms with E-state index in [0.29, 0.717) is 5.69 Å². The Balaban J connectivity index is 2.08. The van der Waals surface area contributed by atoms with Gasteiger partial charge < -0.3 is 31.8 Å². The number of nitrogens with zero attached hydrogens (tertiary/aromatic N) is 1. The van der Waals surface area contributed by atoms with Crippen molar-refractivity contribution in [3.63, 3.8) is 0 Å². The molecule has 4 atom stereocenters. The molecule has 2 rings (SSSR count). The number of hydrogen-bond acceptors (Lipinski definition) is 6. The predicted molar refractivity (Wildman–Crippen MR) is 124 cm³/mol. The third kappa shape index (κ3) is 8.00. The van der Waals surface area contributed by atoms with Crippen LogP contribution in [0.2, 0.25) is 0 Å². The lowest BCUT2D eigenvalue weighted by molar-refractivity contribution is -0.143. The monoisotopic (exact) mass is 472 g/mol. The number of amides is 3. The van der Waals surface area contributed by atoms with E-state index in [1.165, 1.54) is 13.3 Å². The summed E-state index contributed by atoms with van der Waals surface area (Å²) >= 11 is 0. The Hall–Kier alpha value is -3.73. The Kier molecular flexibility index (Phi) is 9.75. The van der Waals surface area contributed by atoms with Crippen LogP contribution in [0.1, 0.15) is 32.0 Å². The van der Waals surface area contributed by atoms with E-state index in [0.717, 1.165) is 5.56 Å². The maximum Gasteiger partial charge on any atom is 0.326 e. The van der Waals surface area contributed by atoms with Gasteiger partial charge in [0.15, 0.2) is 0 Å². The van der Waals surface area contributed by atoms with Gasteiger partial charge in [-0.3, -0.25) is 14.4 Å². The number of nitrogens with one attached hydrogen (secondary N) is 4. The van der Waals surface area contributed by atoms with Crippen LogP contribution >= 0.6 is 0 Å². The molecule has 0 radical (unpaired) electrons. The van der Waals surface area contributed by atoms with Crippen molar-refractivity contribution < 1.29 is 24.3 Å². The zero-order valence-corrected chi connectivity index (χ0v) is 19.4. The molecule has 0 aliphatic heterocycles. The van der Waals surface area contributed by atoms with Crippen molar-refractivity contribution in [3.05, 3.63) is 54.1 Å². The van der Waals surface area contributed by atoms with Crippen LogP contribution in [0.25, 0.3) is 0 Å². The number of aromatic amines is 1. The summed E-state index contributed by atoms with van der Waals surface area (Å²) < 4.78 is 0. The van der Waals surface area contributed by atoms with Crippen molar-refractivity contribution in [2.24, 2.45) is 11.7 Å². The Morgan fingerprint density at radius 3 is 2.21 bits per heavy atom. The number of carboxylic acids is 1. The van der Waals surface area contributed by atoms with E-state index in [9.17, 15) is 24.3 Å². The number of aliphatic carboxylic acids is 1. The fourth-order valence-corrected chi connectivity index (χ4v) is 3.24. The molecule has 184 valence electrons. The van der Waals surface area contributed by atoms with Gasteiger partial charge in [-0.1, -0.05) is 44.2 Å². The first-order chi connectivity index (χ1) is 16.1. The highest BCUT2D eigenvalue weighted by atomic mass is 16.4. The SMILES string of the molecule is CC(NC(=O)C(Cc1ccccc1)NC(=O)C(N)Cc1cnc[nH]1)C(=O)NC(C(=O)O)C(C)C. The largest absolute Gasteiger partial charge is 0.480 e. The molecule has 0 spiro atoms. The molecule has 1 heterocycles. The number of benzene rings is 1. The first kappa shape index (κ1) is 26.5. The maximum absolute atomic E-state index is 13.0. The predicted octanol–water partition coefficient (Wildman–Crippen LogP) is -0.263. The number of carbonyl (C=O) groups is 4. The quantitative estimate of drug-likeness (QED) is 0.246. The molecule has 3 amide bonds. The number of rotatable bonds is 12. The van der Waals surface area contributed by atoms with E-state index < -0.39 is 47.9 Å². The molecule has 0 saturated carbocycles. The van der Waals surface area contributed by atoms with Gasteiger partial charge in [-0.05, 0) is 18.4 Å². The van der Waals surface area contributed by atoms with Gasteiger partial charge in [0.2, 0.25) is 17.7 Å². The number of hydrogen-bond donors (Lipinski definition) is 6. The number of H-pyrrole nitrogens is 1. The number of aromatic nitrogens is 2. The lowest BCUT2D eigenvalue weighted by Gasteiger charge is -2.24. The summed E-state index contributed by atoms with van der Waals surface area (Å²) in [6, 6.07) is 5.04. The van der Waals surface area contributed by atoms with Gasteiger partial charge in [0, 0.05) is 24.7 Å². The molecule has 11 nitrogen and oxygen atoms in total. The minimum absolute atomic E-state index is 0.174. The molecule has 0 aliphatic carbocycles. The second-order valence-corrected chi connectivity index (χ2v) is 8.44. The van der Waals surface area contributed by atoms with Crippen LogP contribution in [-0.4, -0.2) is 62.9 Å². The van der Waals surface area contributed by atoms with Crippen LogP contribution in [0.4, 0.5) is 0 Å². The lowest BCUT2D eigenvalue weighted by Crippen LogP contribution is -2.57. The smallest absolute Gasteiger partial charge is 0.326 e. The van der Waals surface area contributed by atoms with Gasteiger partial charge in [0.1, 0.15) is 18.1 Å². The van der Waals surface area contributed by atoms with E-state index in [-0.39, 0.29) is 18.8 Å². The van der Waals surface area contributed by atoms with Crippen LogP contribution in [0, 0.1) is 5.92 Å². The van der Waals surface area contributed by atoms with Crippen LogP contribution in [0.15, 0.2) is 42.9 Å². The first-order valence-corrected chi connectivity index (χ1v) is 11.0. The van der Waals surface area contributed by atoms with Crippen molar-refractivity contribution in [1.82, 2.24) is 25.9 Å². The van der Waals surface area contributed by atoms with Gasteiger partial charge in [-0.15, -0.1) is 0 Å². The van der Waals surface area contributed by atoms with E-state index >= 15 is 0 Å². The summed E-state index contributed by atoms with van der Waals surface area (Å²) in [5.74, 6) is -3.28. The number of imidazole rings is 1. The van der Waals surface area contributed by atoms with Crippen LogP contribution < -0.4 is 21.7 Å². The van der Waals surface area contributed by atoms with Crippen molar-refractivity contribution in [1.29, 1.82) is 0 Å². The number of carbonyl (C=O) groups excluding carboxylic acids is 3. The van der Waals surface area contributed by atoms with E-state index in [1.54, 1.807) is 20.0 Å². The summed E-state index contributed by atoms with van der Waals surface area (Å²) in [4.78, 5) is 56.3. The molecule has 0 fully saturated rings. The second-order valence-electron chi connectivity index (χ2n) is 8.44. The second kappa shape index (κ2) is 12.5. The van der Waals surface area contributed by atoms with Crippen LogP contribution in [0.3, 0.4) is 0 Å². The Labute approximate surface area is 197 Å². The first-order valence-electron chi connectivity index (χ1n) is 11.0. The molecular weight excluding hydrogens is 440 g/mol. The molecule has 0 saturated heterocycles. The zero-order valence-electron chi connectivity index (χ0n) is 19.4. The van der Waals surface area contributed by atoms with E-state index in [4.69, 9.17) is 5.73 Å². The molecule has 2 aromatic rings. The Bertz CT molecular complexity index is 963. The average molecular weight is 473 g/mol. The fourth-order valence-electron chi connectivity index (χ4n) is 3.24. The molecule has 0 bridgehead atoms. The standard InChI is InChI=1S/C23H32N6O5/c1-13(2)19(23(33)34)29-20(30)14(3)27-22(32)18(9-15-7-5-4-6-8-15)28-21(31)17(24)10-16-11-25-12-26-16/h4-8,11-14,17-19H,9-10,24H2,1-3H3,(H,25,26)(H,27,32)(H,28,31)(H,29,30)(H,33,34). The zero-order chi connectivity index (χ0) is 25.3. The van der Waals surface area contributed by atoms with Gasteiger partial charge in [0.05, 0.1) is 12.4 Å². The highest BCUT2D eigenvalue weighted by Gasteiger charge is 2.29. The molecular formula is C23H32N6O5. The molecule has 0 aliphatic rings. The highest BCUT2D eigenvalue weighted by molar-refractivity contribution is 5.94. The molecule has 11 heteroatoms. The van der Waals surface area contributed by atoms with Crippen LogP contribution in [0.5, 0.6) is 0 Å². The molecule has 1 aromatic heterocycles. The highest BCUT2D eigenvalue weighted by Crippen LogP contribution is 2.06. The third-order valence-electron chi connectivity index (χ3n) is 5.23. The Morgan fingerprint density at radius 2 is 1.65 bits per heavy atom. The lowest BCUT2D eigenvalue weighted by atomic mass is 10.0. The minimum Gasteiger partial charge on any atom is -0.480 e. The van der Waals surface area contributed by atoms with Crippen molar-refractivity contribution in [2.75, 3.05) is 0 Å². The van der Waals surface area contributed by atoms with Gasteiger partial charge >= 0.3 is 5.97 Å². The minimum atomic E-state index is -1.16.